The molecule has 17 heteroatoms. The second-order valence-electron chi connectivity index (χ2n) is 11.0. The minimum atomic E-state index is -1.27. The van der Waals surface area contributed by atoms with E-state index in [1.807, 2.05) is 6.07 Å². The number of carboxylic acids is 1. The number of hydrogen-bond donors (Lipinski definition) is 7. The number of benzene rings is 4. The predicted molar refractivity (Wildman–Crippen MR) is 188 cm³/mol. The maximum Gasteiger partial charge on any atom is 0.352 e. The van der Waals surface area contributed by atoms with E-state index in [4.69, 9.17) is 11.6 Å². The van der Waals surface area contributed by atoms with Crippen LogP contribution in [0, 0.1) is 0 Å². The standard InChI is InChI=1S/C34H27ClN10O6/c35-21-8-13-29(45-18-36-43-44-45)26(17-21)41-31(47)32(48)42-27(30(46)37-24-11-12-25-20(15-24)16-28(40-25)33(49)50)14-19-6-9-23(10-7-19)39-34(51)38-22-4-2-1-3-5-22/h1-13,15-18,27,40H,14H2,(H,37,46)(H,41,47)(H,42,48)(H,49,50)(H2,38,39,51)/t27-/m0/s1. The summed E-state index contributed by atoms with van der Waals surface area (Å²) in [6, 6.07) is 24.4. The predicted octanol–water partition coefficient (Wildman–Crippen LogP) is 4.44. The average molecular weight is 707 g/mol. The molecule has 0 aliphatic heterocycles. The van der Waals surface area contributed by atoms with Gasteiger partial charge in [0.1, 0.15) is 18.1 Å². The minimum Gasteiger partial charge on any atom is -0.477 e. The highest BCUT2D eigenvalue weighted by Gasteiger charge is 2.26. The molecule has 51 heavy (non-hydrogen) atoms. The van der Waals surface area contributed by atoms with Gasteiger partial charge in [0.2, 0.25) is 5.91 Å². The lowest BCUT2D eigenvalue weighted by atomic mass is 10.0. The van der Waals surface area contributed by atoms with Gasteiger partial charge in [0, 0.05) is 39.4 Å². The second-order valence-corrected chi connectivity index (χ2v) is 11.5. The Labute approximate surface area is 293 Å². The number of anilines is 4. The first-order valence-electron chi connectivity index (χ1n) is 15.1. The van der Waals surface area contributed by atoms with E-state index in [1.165, 1.54) is 23.1 Å². The number of tetrazole rings is 1. The number of carbonyl (C=O) groups is 5. The number of para-hydroxylation sites is 1. The van der Waals surface area contributed by atoms with Gasteiger partial charge in [-0.2, -0.15) is 4.68 Å². The molecule has 0 bridgehead atoms. The van der Waals surface area contributed by atoms with Crippen molar-refractivity contribution in [3.8, 4) is 5.69 Å². The number of aromatic carboxylic acids is 1. The number of carbonyl (C=O) groups excluding carboxylic acids is 4. The van der Waals surface area contributed by atoms with E-state index >= 15 is 0 Å². The highest BCUT2D eigenvalue weighted by Crippen LogP contribution is 2.24. The van der Waals surface area contributed by atoms with Gasteiger partial charge in [-0.25, -0.2) is 9.59 Å². The number of aromatic nitrogens is 5. The summed E-state index contributed by atoms with van der Waals surface area (Å²) >= 11 is 6.14. The number of amides is 5. The normalized spacial score (nSPS) is 11.3. The zero-order chi connectivity index (χ0) is 35.9. The summed E-state index contributed by atoms with van der Waals surface area (Å²) in [5, 5.41) is 34.3. The first kappa shape index (κ1) is 33.8. The van der Waals surface area contributed by atoms with Crippen molar-refractivity contribution in [2.75, 3.05) is 21.3 Å². The van der Waals surface area contributed by atoms with Gasteiger partial charge in [0.15, 0.2) is 0 Å². The van der Waals surface area contributed by atoms with Crippen molar-refractivity contribution in [3.05, 3.63) is 120 Å². The van der Waals surface area contributed by atoms with Crippen LogP contribution in [0.5, 0.6) is 0 Å². The van der Waals surface area contributed by atoms with Crippen LogP contribution in [0.2, 0.25) is 5.02 Å². The lowest BCUT2D eigenvalue weighted by Crippen LogP contribution is -2.49. The third kappa shape index (κ3) is 8.51. The van der Waals surface area contributed by atoms with Crippen LogP contribution in [0.3, 0.4) is 0 Å². The van der Waals surface area contributed by atoms with Crippen LogP contribution in [-0.2, 0) is 20.8 Å². The van der Waals surface area contributed by atoms with Gasteiger partial charge in [0.05, 0.1) is 11.4 Å². The zero-order valence-corrected chi connectivity index (χ0v) is 27.0. The Morgan fingerprint density at radius 2 is 1.51 bits per heavy atom. The fraction of sp³-hybridized carbons (Fsp3) is 0.0588. The molecule has 0 radical (unpaired) electrons. The van der Waals surface area contributed by atoms with Crippen molar-refractivity contribution >= 4 is 75.0 Å². The molecule has 16 nitrogen and oxygen atoms in total. The SMILES string of the molecule is O=C(Nc1ccccc1)Nc1ccc(C[C@H](NC(=O)C(=O)Nc2cc(Cl)ccc2-n2cnnn2)C(=O)Nc2ccc3[nH]c(C(=O)O)cc3c2)cc1. The lowest BCUT2D eigenvalue weighted by molar-refractivity contribution is -0.137. The van der Waals surface area contributed by atoms with Crippen LogP contribution in [0.25, 0.3) is 16.6 Å². The third-order valence-corrected chi connectivity index (χ3v) is 7.67. The Kier molecular flexibility index (Phi) is 9.95. The number of aromatic amines is 1. The van der Waals surface area contributed by atoms with Crippen LogP contribution >= 0.6 is 11.6 Å². The van der Waals surface area contributed by atoms with Crippen molar-refractivity contribution in [3.63, 3.8) is 0 Å². The summed E-state index contributed by atoms with van der Waals surface area (Å²) < 4.78 is 1.27. The summed E-state index contributed by atoms with van der Waals surface area (Å²) in [4.78, 5) is 66.7. The van der Waals surface area contributed by atoms with Crippen LogP contribution in [0.1, 0.15) is 16.1 Å². The number of H-pyrrole nitrogens is 1. The summed E-state index contributed by atoms with van der Waals surface area (Å²) in [5.41, 5.74) is 2.97. The fourth-order valence-corrected chi connectivity index (χ4v) is 5.19. The molecule has 4 aromatic carbocycles. The number of rotatable bonds is 10. The van der Waals surface area contributed by atoms with E-state index < -0.39 is 35.8 Å². The molecule has 0 spiro atoms. The van der Waals surface area contributed by atoms with Gasteiger partial charge in [-0.3, -0.25) is 14.4 Å². The Bertz CT molecular complexity index is 2240. The molecule has 2 heterocycles. The van der Waals surface area contributed by atoms with Crippen molar-refractivity contribution < 1.29 is 29.1 Å². The van der Waals surface area contributed by atoms with Gasteiger partial charge < -0.3 is 36.7 Å². The van der Waals surface area contributed by atoms with E-state index in [0.717, 1.165) is 0 Å². The number of hydrogen-bond acceptors (Lipinski definition) is 8. The van der Waals surface area contributed by atoms with Gasteiger partial charge in [0.25, 0.3) is 0 Å². The Morgan fingerprint density at radius 3 is 2.22 bits per heavy atom. The molecule has 0 unspecified atom stereocenters. The Balaban J connectivity index is 1.19. The number of fused-ring (bicyclic) bond motifs is 1. The van der Waals surface area contributed by atoms with E-state index in [2.05, 4.69) is 47.1 Å². The third-order valence-electron chi connectivity index (χ3n) is 7.43. The van der Waals surface area contributed by atoms with Gasteiger partial charge in [-0.15, -0.1) is 5.10 Å². The smallest absolute Gasteiger partial charge is 0.352 e. The summed E-state index contributed by atoms with van der Waals surface area (Å²) in [5.74, 6) is -4.02. The van der Waals surface area contributed by atoms with Crippen LogP contribution in [-0.4, -0.2) is 66.1 Å². The molecule has 0 aliphatic rings. The van der Waals surface area contributed by atoms with E-state index in [0.29, 0.717) is 39.2 Å². The number of nitrogens with one attached hydrogen (secondary N) is 6. The van der Waals surface area contributed by atoms with Crippen LogP contribution < -0.4 is 26.6 Å². The molecule has 5 amide bonds. The Hall–Kier alpha value is -7.07. The second kappa shape index (κ2) is 15.0. The van der Waals surface area contributed by atoms with Gasteiger partial charge in [-0.1, -0.05) is 41.9 Å². The molecular formula is C34H27ClN10O6. The van der Waals surface area contributed by atoms with Crippen LogP contribution in [0.15, 0.2) is 103 Å². The van der Waals surface area contributed by atoms with Crippen molar-refractivity contribution in [1.82, 2.24) is 30.5 Å². The van der Waals surface area contributed by atoms with Crippen LogP contribution in [0.4, 0.5) is 27.5 Å². The number of urea groups is 1. The highest BCUT2D eigenvalue weighted by atomic mass is 35.5. The summed E-state index contributed by atoms with van der Waals surface area (Å²) in [7, 11) is 0. The summed E-state index contributed by atoms with van der Waals surface area (Å²) in [6.07, 6.45) is 1.24. The molecule has 0 saturated heterocycles. The molecule has 0 aliphatic carbocycles. The summed E-state index contributed by atoms with van der Waals surface area (Å²) in [6.45, 7) is 0. The molecule has 6 aromatic rings. The molecule has 0 fully saturated rings. The lowest BCUT2D eigenvalue weighted by Gasteiger charge is -2.19. The van der Waals surface area contributed by atoms with Gasteiger partial charge >= 0.3 is 23.8 Å². The number of carboxylic acid groups (broad SMARTS) is 1. The maximum atomic E-state index is 13.7. The molecule has 256 valence electrons. The highest BCUT2D eigenvalue weighted by molar-refractivity contribution is 6.40. The number of halogens is 1. The zero-order valence-electron chi connectivity index (χ0n) is 26.3. The van der Waals surface area contributed by atoms with Crippen molar-refractivity contribution in [1.29, 1.82) is 0 Å². The Morgan fingerprint density at radius 1 is 0.784 bits per heavy atom. The number of nitrogens with zero attached hydrogens (tertiary/aromatic N) is 4. The quantitative estimate of drug-likeness (QED) is 0.0998. The monoisotopic (exact) mass is 706 g/mol. The fourth-order valence-electron chi connectivity index (χ4n) is 5.02. The van der Waals surface area contributed by atoms with E-state index in [9.17, 15) is 29.1 Å². The topological polar surface area (TPSA) is 225 Å². The van der Waals surface area contributed by atoms with Crippen molar-refractivity contribution in [2.24, 2.45) is 0 Å². The van der Waals surface area contributed by atoms with E-state index in [1.54, 1.807) is 78.9 Å². The molecular weight excluding hydrogens is 680 g/mol. The molecule has 6 rings (SSSR count). The molecule has 0 saturated carbocycles. The average Bonchev–Trinajstić information content (AvgIpc) is 3.80. The molecule has 7 N–H and O–H groups in total. The first-order valence-corrected chi connectivity index (χ1v) is 15.5. The molecule has 2 aromatic heterocycles. The van der Waals surface area contributed by atoms with Crippen molar-refractivity contribution in [2.45, 2.75) is 12.5 Å². The van der Waals surface area contributed by atoms with E-state index in [-0.39, 0.29) is 22.8 Å². The minimum absolute atomic E-state index is 0.0249. The maximum absolute atomic E-state index is 13.7. The van der Waals surface area contributed by atoms with Gasteiger partial charge in [-0.05, 0) is 82.7 Å². The largest absolute Gasteiger partial charge is 0.477 e. The molecule has 1 atom stereocenters. The first-order chi connectivity index (χ1) is 24.6.